The summed E-state index contributed by atoms with van der Waals surface area (Å²) in [5, 5.41) is 5.07. The predicted molar refractivity (Wildman–Crippen MR) is 213 cm³/mol. The van der Waals surface area contributed by atoms with E-state index in [1.165, 1.54) is 19.1 Å². The van der Waals surface area contributed by atoms with Crippen LogP contribution in [0.1, 0.15) is 6.92 Å². The Balaban J connectivity index is 0.000000205. The minimum Gasteiger partial charge on any atom is -0.434 e. The fourth-order valence-electron chi connectivity index (χ4n) is 5.14. The van der Waals surface area contributed by atoms with Crippen molar-refractivity contribution in [2.75, 3.05) is 34.2 Å². The Labute approximate surface area is 334 Å². The number of benzene rings is 2. The Morgan fingerprint density at radius 1 is 0.796 bits per heavy atom. The van der Waals surface area contributed by atoms with Gasteiger partial charge in [-0.05, 0) is 88.7 Å². The molecule has 288 valence electrons. The third-order valence-electron chi connectivity index (χ3n) is 7.63. The van der Waals surface area contributed by atoms with Crippen molar-refractivity contribution in [3.63, 3.8) is 0 Å². The lowest BCUT2D eigenvalue weighted by Gasteiger charge is -2.10. The Kier molecular flexibility index (Phi) is 15.3. The molecule has 0 saturated carbocycles. The van der Waals surface area contributed by atoms with Crippen LogP contribution in [0.4, 0.5) is 4.79 Å². The highest BCUT2D eigenvalue weighted by Gasteiger charge is 2.25. The van der Waals surface area contributed by atoms with Crippen molar-refractivity contribution in [1.82, 2.24) is 29.3 Å². The predicted octanol–water partition coefficient (Wildman–Crippen LogP) is 7.77. The minimum absolute atomic E-state index is 0.182. The summed E-state index contributed by atoms with van der Waals surface area (Å²) in [6.45, 7) is 4.30. The van der Waals surface area contributed by atoms with Gasteiger partial charge in [0, 0.05) is 83.4 Å². The van der Waals surface area contributed by atoms with E-state index in [9.17, 15) is 21.6 Å². The molecule has 0 spiro atoms. The maximum atomic E-state index is 13.0. The van der Waals surface area contributed by atoms with E-state index in [0.29, 0.717) is 45.2 Å². The van der Waals surface area contributed by atoms with Crippen LogP contribution in [-0.2, 0) is 37.5 Å². The van der Waals surface area contributed by atoms with Crippen LogP contribution in [0.25, 0.3) is 22.1 Å². The Bertz CT molecular complexity index is 2440. The van der Waals surface area contributed by atoms with Gasteiger partial charge < -0.3 is 24.1 Å². The van der Waals surface area contributed by atoms with Crippen LogP contribution in [-0.4, -0.2) is 86.1 Å². The smallest absolute Gasteiger partial charge is 0.405 e. The molecular weight excluding hydrogens is 818 g/mol. The number of likely N-dealkylation sites (N-methyl/N-ethyl adjacent to an activating group) is 2. The normalized spacial score (nSPS) is 12.2. The number of hydrogen-bond donors (Lipinski definition) is 1. The van der Waals surface area contributed by atoms with E-state index in [-0.39, 0.29) is 19.6 Å². The number of sulfone groups is 2. The number of ether oxygens (including phenoxy) is 1. The summed E-state index contributed by atoms with van der Waals surface area (Å²) in [5.74, 6) is 0. The van der Waals surface area contributed by atoms with Crippen molar-refractivity contribution in [2.24, 2.45) is 0 Å². The standard InChI is InChI=1S/C17H18ClN3O2S.C16H16ClN3O2S.C3H4Cl2O2/c1-20(2)9-10-21-12-16(15-7-4-8-19-17(15)21)24(22,23)14-6-3-5-13(18)11-14;1-18-8-9-20-11-15(14-6-3-7-19-16(14)20)23(21,22)13-5-2-4-12(17)10-13;1-2(4)7-3(5)6/h3-8,11-12H,9-10H2,1-2H3;2-7,10-11,18H,8-9H2,1H3;2H,1H3. The van der Waals surface area contributed by atoms with Gasteiger partial charge in [0.25, 0.3) is 0 Å². The molecule has 0 amide bonds. The topological polar surface area (TPSA) is 145 Å². The van der Waals surface area contributed by atoms with E-state index in [4.69, 9.17) is 46.4 Å². The molecule has 1 N–H and O–H groups in total. The van der Waals surface area contributed by atoms with E-state index >= 15 is 0 Å². The van der Waals surface area contributed by atoms with Gasteiger partial charge >= 0.3 is 5.43 Å². The van der Waals surface area contributed by atoms with Crippen LogP contribution in [0.15, 0.2) is 117 Å². The molecular formula is C36H38Cl4N6O6S2. The number of aromatic nitrogens is 4. The first-order chi connectivity index (χ1) is 25.6. The maximum Gasteiger partial charge on any atom is 0.405 e. The number of carbonyl (C=O) groups is 1. The lowest BCUT2D eigenvalue weighted by Crippen LogP contribution is -2.18. The quantitative estimate of drug-likeness (QED) is 0.101. The maximum absolute atomic E-state index is 13.0. The number of alkyl halides is 1. The molecule has 4 aromatic heterocycles. The zero-order valence-electron chi connectivity index (χ0n) is 29.7. The van der Waals surface area contributed by atoms with Crippen LogP contribution in [0.2, 0.25) is 10.0 Å². The number of nitrogens with one attached hydrogen (secondary N) is 1. The molecule has 0 aliphatic carbocycles. The molecule has 6 aromatic rings. The number of rotatable bonds is 11. The number of pyridine rings is 2. The molecule has 1 unspecified atom stereocenters. The first-order valence-corrected chi connectivity index (χ1v) is 20.8. The number of hydrogen-bond acceptors (Lipinski definition) is 10. The molecule has 0 bridgehead atoms. The molecule has 0 radical (unpaired) electrons. The van der Waals surface area contributed by atoms with Crippen LogP contribution in [0.5, 0.6) is 0 Å². The molecule has 6 rings (SSSR count). The number of halogens is 4. The Morgan fingerprint density at radius 2 is 1.26 bits per heavy atom. The van der Waals surface area contributed by atoms with Gasteiger partial charge in [0.05, 0.1) is 19.6 Å². The summed E-state index contributed by atoms with van der Waals surface area (Å²) in [4.78, 5) is 21.3. The van der Waals surface area contributed by atoms with Gasteiger partial charge in [-0.15, -0.1) is 0 Å². The first kappa shape index (κ1) is 43.0. The van der Waals surface area contributed by atoms with Gasteiger partial charge in [-0.3, -0.25) is 0 Å². The SMILES string of the molecule is CC(Cl)OC(=O)Cl.CN(C)CCn1cc(S(=O)(=O)c2cccc(Cl)c2)c2cccnc21.CNCCn1cc(S(=O)(=O)c2cccc(Cl)c2)c2cccnc21. The van der Waals surface area contributed by atoms with Gasteiger partial charge in [-0.1, -0.05) is 46.9 Å². The van der Waals surface area contributed by atoms with Crippen molar-refractivity contribution >= 4 is 93.6 Å². The third-order valence-corrected chi connectivity index (χ3v) is 11.8. The second-order valence-corrected chi connectivity index (χ2v) is 17.5. The molecule has 18 heteroatoms. The van der Waals surface area contributed by atoms with Crippen molar-refractivity contribution < 1.29 is 26.4 Å². The monoisotopic (exact) mass is 854 g/mol. The summed E-state index contributed by atoms with van der Waals surface area (Å²) in [5.41, 5.74) is -0.184. The largest absolute Gasteiger partial charge is 0.434 e. The number of nitrogens with zero attached hydrogens (tertiary/aromatic N) is 5. The average Bonchev–Trinajstić information content (AvgIpc) is 3.69. The molecule has 4 heterocycles. The molecule has 0 fully saturated rings. The molecule has 0 aliphatic heterocycles. The Morgan fingerprint density at radius 3 is 1.63 bits per heavy atom. The molecule has 54 heavy (non-hydrogen) atoms. The van der Waals surface area contributed by atoms with Crippen LogP contribution >= 0.6 is 46.4 Å². The average molecular weight is 857 g/mol. The highest BCUT2D eigenvalue weighted by atomic mass is 35.5. The molecule has 1 atom stereocenters. The summed E-state index contributed by atoms with van der Waals surface area (Å²) in [6.07, 6.45) is 6.64. The zero-order chi connectivity index (χ0) is 39.6. The highest BCUT2D eigenvalue weighted by molar-refractivity contribution is 7.92. The van der Waals surface area contributed by atoms with E-state index in [1.54, 1.807) is 85.5 Å². The lowest BCUT2D eigenvalue weighted by atomic mass is 10.3. The zero-order valence-corrected chi connectivity index (χ0v) is 34.3. The van der Waals surface area contributed by atoms with Gasteiger partial charge in [0.2, 0.25) is 19.7 Å². The molecule has 0 saturated heterocycles. The van der Waals surface area contributed by atoms with Gasteiger partial charge in [-0.2, -0.15) is 0 Å². The number of carbonyl (C=O) groups excluding carboxylic acids is 1. The fraction of sp³-hybridized carbons (Fsp3) is 0.250. The van der Waals surface area contributed by atoms with Crippen molar-refractivity contribution in [3.05, 3.63) is 108 Å². The summed E-state index contributed by atoms with van der Waals surface area (Å²) >= 11 is 21.8. The second kappa shape index (κ2) is 19.2. The van der Waals surface area contributed by atoms with E-state index in [2.05, 4.69) is 20.0 Å². The third kappa shape index (κ3) is 10.9. The molecule has 12 nitrogen and oxygen atoms in total. The summed E-state index contributed by atoms with van der Waals surface area (Å²) in [6, 6.07) is 19.7. The van der Waals surface area contributed by atoms with Gasteiger partial charge in [0.15, 0.2) is 5.56 Å². The van der Waals surface area contributed by atoms with Gasteiger partial charge in [-0.25, -0.2) is 31.6 Å². The van der Waals surface area contributed by atoms with Crippen LogP contribution < -0.4 is 5.32 Å². The molecule has 2 aromatic carbocycles. The van der Waals surface area contributed by atoms with Crippen molar-refractivity contribution in [1.29, 1.82) is 0 Å². The second-order valence-electron chi connectivity index (χ2n) is 11.8. The van der Waals surface area contributed by atoms with Gasteiger partial charge in [0.1, 0.15) is 11.3 Å². The van der Waals surface area contributed by atoms with Crippen LogP contribution in [0.3, 0.4) is 0 Å². The summed E-state index contributed by atoms with van der Waals surface area (Å²) < 4.78 is 59.9. The fourth-order valence-corrected chi connectivity index (χ4v) is 8.93. The molecule has 0 aliphatic rings. The van der Waals surface area contributed by atoms with E-state index < -0.39 is 30.7 Å². The number of fused-ring (bicyclic) bond motifs is 2. The first-order valence-electron chi connectivity index (χ1n) is 16.2. The summed E-state index contributed by atoms with van der Waals surface area (Å²) in [7, 11) is -1.52. The van der Waals surface area contributed by atoms with Crippen molar-refractivity contribution in [2.45, 2.75) is 45.2 Å². The van der Waals surface area contributed by atoms with E-state index in [1.807, 2.05) is 35.2 Å². The minimum atomic E-state index is -3.66. The lowest BCUT2D eigenvalue weighted by molar-refractivity contribution is 0.166. The highest BCUT2D eigenvalue weighted by Crippen LogP contribution is 2.31. The Hall–Kier alpha value is -3.73. The van der Waals surface area contributed by atoms with E-state index in [0.717, 1.165) is 13.1 Å². The van der Waals surface area contributed by atoms with Crippen LogP contribution in [0, 0.1) is 0 Å². The van der Waals surface area contributed by atoms with Crippen molar-refractivity contribution in [3.8, 4) is 0 Å².